The Morgan fingerprint density at radius 1 is 1.00 bits per heavy atom. The summed E-state index contributed by atoms with van der Waals surface area (Å²) in [5.41, 5.74) is -3.97. The highest BCUT2D eigenvalue weighted by molar-refractivity contribution is 7.86. The third-order valence-corrected chi connectivity index (χ3v) is 5.02. The first-order valence-electron chi connectivity index (χ1n) is 7.41. The number of benzene rings is 1. The molecule has 0 N–H and O–H groups in total. The molecule has 5 nitrogen and oxygen atoms in total. The van der Waals surface area contributed by atoms with Gasteiger partial charge in [-0.2, -0.15) is 34.8 Å². The highest BCUT2D eigenvalue weighted by Crippen LogP contribution is 2.50. The van der Waals surface area contributed by atoms with Crippen LogP contribution < -0.4 is 0 Å². The second-order valence-corrected chi connectivity index (χ2v) is 7.35. The summed E-state index contributed by atoms with van der Waals surface area (Å²) in [4.78, 5) is -0.400. The molecule has 1 rings (SSSR count). The van der Waals surface area contributed by atoms with Crippen LogP contribution in [0.15, 0.2) is 29.2 Å². The van der Waals surface area contributed by atoms with Gasteiger partial charge < -0.3 is 9.47 Å². The summed E-state index contributed by atoms with van der Waals surface area (Å²) in [5, 5.41) is 0. The topological polar surface area (TPSA) is 61.8 Å². The van der Waals surface area contributed by atoms with Crippen molar-refractivity contribution in [3.63, 3.8) is 0 Å². The van der Waals surface area contributed by atoms with Gasteiger partial charge in [-0.25, -0.2) is 0 Å². The Morgan fingerprint density at radius 3 is 1.89 bits per heavy atom. The Labute approximate surface area is 152 Å². The molecule has 0 amide bonds. The lowest BCUT2D eigenvalue weighted by Gasteiger charge is -2.40. The lowest BCUT2D eigenvalue weighted by atomic mass is 9.87. The summed E-state index contributed by atoms with van der Waals surface area (Å²) in [7, 11) is -3.72. The van der Waals surface area contributed by atoms with E-state index in [0.717, 1.165) is 19.2 Å². The molecule has 0 bridgehead atoms. The third-order valence-electron chi connectivity index (χ3n) is 3.72. The molecule has 0 aliphatic carbocycles. The van der Waals surface area contributed by atoms with Crippen LogP contribution in [0.4, 0.5) is 26.3 Å². The fourth-order valence-electron chi connectivity index (χ4n) is 2.26. The first-order chi connectivity index (χ1) is 12.2. The highest BCUT2D eigenvalue weighted by atomic mass is 32.2. The number of alkyl halides is 6. The molecular formula is C15H18F6O5S. The van der Waals surface area contributed by atoms with Crippen LogP contribution in [0.3, 0.4) is 0 Å². The van der Waals surface area contributed by atoms with Crippen LogP contribution in [0.1, 0.15) is 12.5 Å². The molecule has 0 unspecified atom stereocenters. The quantitative estimate of drug-likeness (QED) is 0.361. The second kappa shape index (κ2) is 8.33. The van der Waals surface area contributed by atoms with Crippen LogP contribution in [-0.4, -0.2) is 46.9 Å². The molecule has 1 atom stereocenters. The van der Waals surface area contributed by atoms with Gasteiger partial charge in [0.25, 0.3) is 15.7 Å². The number of hydrogen-bond donors (Lipinski definition) is 0. The van der Waals surface area contributed by atoms with Gasteiger partial charge in [-0.3, -0.25) is 4.18 Å². The molecule has 0 spiro atoms. The standard InChI is InChI=1S/C15H18F6O5S/c1-10-4-6-12(7-5-10)27(22,23)26-8-11(2)13(14(16,17)18,15(19,20)21)25-9-24-3/h4-7,11H,8-9H2,1-3H3/t11-/m1/s1. The monoisotopic (exact) mass is 424 g/mol. The zero-order chi connectivity index (χ0) is 21.1. The van der Waals surface area contributed by atoms with Gasteiger partial charge in [0.2, 0.25) is 0 Å². The van der Waals surface area contributed by atoms with E-state index in [0.29, 0.717) is 12.5 Å². The summed E-state index contributed by atoms with van der Waals surface area (Å²) in [6.45, 7) is -0.540. The zero-order valence-electron chi connectivity index (χ0n) is 14.5. The normalized spacial score (nSPS) is 15.0. The van der Waals surface area contributed by atoms with E-state index in [1.54, 1.807) is 6.92 Å². The number of halogens is 6. The maximum absolute atomic E-state index is 13.3. The highest BCUT2D eigenvalue weighted by Gasteiger charge is 2.75. The van der Waals surface area contributed by atoms with Gasteiger partial charge in [0.1, 0.15) is 6.79 Å². The van der Waals surface area contributed by atoms with E-state index in [9.17, 15) is 34.8 Å². The van der Waals surface area contributed by atoms with Gasteiger partial charge in [0.15, 0.2) is 0 Å². The molecule has 1 aromatic rings. The van der Waals surface area contributed by atoms with Crippen LogP contribution in [0.5, 0.6) is 0 Å². The number of hydrogen-bond acceptors (Lipinski definition) is 5. The van der Waals surface area contributed by atoms with E-state index in [2.05, 4.69) is 13.7 Å². The van der Waals surface area contributed by atoms with Crippen molar-refractivity contribution in [2.75, 3.05) is 20.5 Å². The van der Waals surface area contributed by atoms with E-state index >= 15 is 0 Å². The van der Waals surface area contributed by atoms with Crippen molar-refractivity contribution < 1.29 is 48.4 Å². The minimum Gasteiger partial charge on any atom is -0.359 e. The molecular weight excluding hydrogens is 406 g/mol. The van der Waals surface area contributed by atoms with Crippen molar-refractivity contribution in [2.24, 2.45) is 5.92 Å². The lowest BCUT2D eigenvalue weighted by molar-refractivity contribution is -0.408. The van der Waals surface area contributed by atoms with E-state index in [-0.39, 0.29) is 0 Å². The Hall–Kier alpha value is -1.37. The Bertz CT molecular complexity index is 698. The van der Waals surface area contributed by atoms with Crippen LogP contribution in [0.2, 0.25) is 0 Å². The van der Waals surface area contributed by atoms with Crippen molar-refractivity contribution in [1.29, 1.82) is 0 Å². The van der Waals surface area contributed by atoms with Gasteiger partial charge in [-0.1, -0.05) is 24.6 Å². The van der Waals surface area contributed by atoms with Crippen LogP contribution in [0, 0.1) is 12.8 Å². The Balaban J connectivity index is 3.16. The molecule has 12 heteroatoms. The SMILES string of the molecule is COCOC([C@H](C)COS(=O)(=O)c1ccc(C)cc1)(C(F)(F)F)C(F)(F)F. The summed E-state index contributed by atoms with van der Waals surface area (Å²) in [5.74, 6) is -2.45. The van der Waals surface area contributed by atoms with Crippen LogP contribution in [0.25, 0.3) is 0 Å². The van der Waals surface area contributed by atoms with Gasteiger partial charge in [0.05, 0.1) is 11.5 Å². The molecule has 27 heavy (non-hydrogen) atoms. The summed E-state index contributed by atoms with van der Waals surface area (Å²) in [6.07, 6.45) is -11.8. The predicted octanol–water partition coefficient (Wildman–Crippen LogP) is 3.82. The zero-order valence-corrected chi connectivity index (χ0v) is 15.3. The molecule has 0 saturated heterocycles. The molecule has 0 saturated carbocycles. The van der Waals surface area contributed by atoms with E-state index < -0.39 is 52.3 Å². The summed E-state index contributed by atoms with van der Waals surface area (Å²) < 4.78 is 117. The molecule has 1 aromatic carbocycles. The number of methoxy groups -OCH3 is 1. The fourth-order valence-corrected chi connectivity index (χ4v) is 3.25. The number of aryl methyl sites for hydroxylation is 1. The summed E-state index contributed by atoms with van der Waals surface area (Å²) in [6, 6.07) is 5.04. The van der Waals surface area contributed by atoms with Crippen molar-refractivity contribution in [3.05, 3.63) is 29.8 Å². The van der Waals surface area contributed by atoms with Gasteiger partial charge in [-0.05, 0) is 19.1 Å². The van der Waals surface area contributed by atoms with E-state index in [1.807, 2.05) is 0 Å². The van der Waals surface area contributed by atoms with E-state index in [4.69, 9.17) is 0 Å². The molecule has 0 aliphatic heterocycles. The molecule has 0 radical (unpaired) electrons. The molecule has 0 heterocycles. The Kier molecular flexibility index (Phi) is 7.30. The summed E-state index contributed by atoms with van der Waals surface area (Å²) >= 11 is 0. The first-order valence-corrected chi connectivity index (χ1v) is 8.82. The van der Waals surface area contributed by atoms with Crippen molar-refractivity contribution in [1.82, 2.24) is 0 Å². The first kappa shape index (κ1) is 23.7. The van der Waals surface area contributed by atoms with Crippen LogP contribution >= 0.6 is 0 Å². The molecule has 0 fully saturated rings. The molecule has 0 aromatic heterocycles. The number of ether oxygens (including phenoxy) is 2. The van der Waals surface area contributed by atoms with Crippen molar-refractivity contribution >= 4 is 10.1 Å². The number of rotatable bonds is 8. The average Bonchev–Trinajstić information content (AvgIpc) is 2.51. The smallest absolute Gasteiger partial charge is 0.359 e. The minimum absolute atomic E-state index is 0.400. The van der Waals surface area contributed by atoms with Gasteiger partial charge in [-0.15, -0.1) is 0 Å². The van der Waals surface area contributed by atoms with E-state index in [1.165, 1.54) is 12.1 Å². The van der Waals surface area contributed by atoms with Gasteiger partial charge in [0, 0.05) is 13.0 Å². The van der Waals surface area contributed by atoms with Crippen LogP contribution in [-0.2, 0) is 23.8 Å². The second-order valence-electron chi connectivity index (χ2n) is 5.73. The lowest BCUT2D eigenvalue weighted by Crippen LogP contribution is -2.64. The van der Waals surface area contributed by atoms with Crippen molar-refractivity contribution in [2.45, 2.75) is 36.7 Å². The molecule has 0 aliphatic rings. The minimum atomic E-state index is -5.90. The van der Waals surface area contributed by atoms with Crippen molar-refractivity contribution in [3.8, 4) is 0 Å². The predicted molar refractivity (Wildman–Crippen MR) is 81.3 cm³/mol. The maximum atomic E-state index is 13.3. The average molecular weight is 424 g/mol. The molecule has 156 valence electrons. The third kappa shape index (κ3) is 5.12. The largest absolute Gasteiger partial charge is 0.426 e. The Morgan fingerprint density at radius 2 is 1.48 bits per heavy atom. The fraction of sp³-hybridized carbons (Fsp3) is 0.600. The van der Waals surface area contributed by atoms with Gasteiger partial charge >= 0.3 is 12.4 Å². The maximum Gasteiger partial charge on any atom is 0.426 e.